The Labute approximate surface area is 182 Å². The summed E-state index contributed by atoms with van der Waals surface area (Å²) in [7, 11) is 3.32. The molecule has 0 atom stereocenters. The van der Waals surface area contributed by atoms with Gasteiger partial charge in [0.05, 0.1) is 0 Å². The summed E-state index contributed by atoms with van der Waals surface area (Å²) in [5, 5.41) is 7.49. The number of piperidine rings is 1. The third kappa shape index (κ3) is 4.78. The van der Waals surface area contributed by atoms with Crippen LogP contribution in [-0.2, 0) is 0 Å². The molecule has 1 aliphatic heterocycles. The quantitative estimate of drug-likeness (QED) is 0.642. The van der Waals surface area contributed by atoms with E-state index < -0.39 is 0 Å². The second-order valence-electron chi connectivity index (χ2n) is 8.01. The number of amides is 1. The molecule has 8 nitrogen and oxygen atoms in total. The van der Waals surface area contributed by atoms with Crippen molar-refractivity contribution in [1.29, 1.82) is 0 Å². The van der Waals surface area contributed by atoms with Crippen LogP contribution in [0.4, 0.5) is 5.95 Å². The SMILES string of the molecule is CN(C)C(=O)c1cc2cnc(NC3CCNCC3)nc2n(C2CCCC2)c1=O.CS. The molecule has 0 unspecified atom stereocenters. The number of fused-ring (bicyclic) bond motifs is 1. The molecule has 2 aromatic heterocycles. The first-order valence-electron chi connectivity index (χ1n) is 10.6. The van der Waals surface area contributed by atoms with Crippen LogP contribution in [0.25, 0.3) is 11.0 Å². The second-order valence-corrected chi connectivity index (χ2v) is 8.01. The minimum absolute atomic E-state index is 0.0894. The standard InChI is InChI=1S/C20H28N6O2.CH4S/c1-25(2)18(27)16-11-13-12-22-20(23-14-7-9-21-10-8-14)24-17(13)26(19(16)28)15-5-3-4-6-15;1-2/h11-12,14-15,21H,3-10H2,1-2H3,(H,22,23,24);2H,1H3. The van der Waals surface area contributed by atoms with E-state index in [4.69, 9.17) is 4.98 Å². The van der Waals surface area contributed by atoms with Crippen LogP contribution in [-0.4, -0.2) is 64.8 Å². The van der Waals surface area contributed by atoms with Crippen molar-refractivity contribution < 1.29 is 4.79 Å². The Morgan fingerprint density at radius 2 is 1.87 bits per heavy atom. The van der Waals surface area contributed by atoms with Gasteiger partial charge in [0.1, 0.15) is 11.2 Å². The number of nitrogens with one attached hydrogen (secondary N) is 2. The maximum absolute atomic E-state index is 13.2. The van der Waals surface area contributed by atoms with Gasteiger partial charge in [-0.05, 0) is 51.1 Å². The maximum Gasteiger partial charge on any atom is 0.265 e. The molecule has 2 N–H and O–H groups in total. The molecule has 9 heteroatoms. The molecular formula is C21H32N6O2S. The van der Waals surface area contributed by atoms with Gasteiger partial charge in [-0.25, -0.2) is 4.98 Å². The third-order valence-corrected chi connectivity index (χ3v) is 5.77. The predicted molar refractivity (Wildman–Crippen MR) is 124 cm³/mol. The third-order valence-electron chi connectivity index (χ3n) is 5.77. The van der Waals surface area contributed by atoms with Crippen molar-refractivity contribution in [2.45, 2.75) is 50.6 Å². The van der Waals surface area contributed by atoms with E-state index in [0.717, 1.165) is 57.0 Å². The molecule has 3 heterocycles. The molecule has 1 aliphatic carbocycles. The first-order chi connectivity index (χ1) is 14.5. The van der Waals surface area contributed by atoms with Crippen LogP contribution in [0.3, 0.4) is 0 Å². The molecule has 1 saturated heterocycles. The van der Waals surface area contributed by atoms with Crippen LogP contribution in [0.1, 0.15) is 54.9 Å². The minimum Gasteiger partial charge on any atom is -0.351 e. The average molecular weight is 433 g/mol. The minimum atomic E-state index is -0.282. The second kappa shape index (κ2) is 10.3. The lowest BCUT2D eigenvalue weighted by Gasteiger charge is -2.24. The smallest absolute Gasteiger partial charge is 0.265 e. The first kappa shape index (κ1) is 22.6. The zero-order valence-electron chi connectivity index (χ0n) is 18.0. The highest BCUT2D eigenvalue weighted by atomic mass is 32.1. The van der Waals surface area contributed by atoms with E-state index in [1.54, 1.807) is 37.2 Å². The summed E-state index contributed by atoms with van der Waals surface area (Å²) in [6, 6.07) is 2.06. The van der Waals surface area contributed by atoms with E-state index in [1.165, 1.54) is 4.90 Å². The summed E-state index contributed by atoms with van der Waals surface area (Å²) in [5.41, 5.74) is 0.565. The van der Waals surface area contributed by atoms with Gasteiger partial charge in [-0.15, -0.1) is 0 Å². The van der Waals surface area contributed by atoms with Crippen molar-refractivity contribution >= 4 is 35.5 Å². The van der Waals surface area contributed by atoms with Gasteiger partial charge in [0.15, 0.2) is 0 Å². The number of carbonyl (C=O) groups excluding carboxylic acids is 1. The first-order valence-corrected chi connectivity index (χ1v) is 11.5. The normalized spacial score (nSPS) is 17.5. The van der Waals surface area contributed by atoms with Crippen LogP contribution >= 0.6 is 12.6 Å². The van der Waals surface area contributed by atoms with Crippen molar-refractivity contribution in [1.82, 2.24) is 24.8 Å². The van der Waals surface area contributed by atoms with Gasteiger partial charge in [-0.2, -0.15) is 17.6 Å². The maximum atomic E-state index is 13.2. The molecule has 2 aliphatic rings. The molecule has 0 bridgehead atoms. The highest BCUT2D eigenvalue weighted by molar-refractivity contribution is 7.79. The average Bonchev–Trinajstić information content (AvgIpc) is 3.29. The van der Waals surface area contributed by atoms with Crippen molar-refractivity contribution in [2.75, 3.05) is 38.8 Å². The van der Waals surface area contributed by atoms with Gasteiger partial charge in [-0.1, -0.05) is 12.8 Å². The van der Waals surface area contributed by atoms with E-state index in [9.17, 15) is 9.59 Å². The number of hydrogen-bond acceptors (Lipinski definition) is 7. The molecule has 0 spiro atoms. The fourth-order valence-electron chi connectivity index (χ4n) is 4.23. The Kier molecular flexibility index (Phi) is 7.71. The topological polar surface area (TPSA) is 92.2 Å². The number of anilines is 1. The van der Waals surface area contributed by atoms with E-state index in [-0.39, 0.29) is 23.1 Å². The molecule has 4 rings (SSSR count). The van der Waals surface area contributed by atoms with Crippen molar-refractivity contribution in [3.63, 3.8) is 0 Å². The van der Waals surface area contributed by atoms with E-state index in [0.29, 0.717) is 17.6 Å². The molecule has 30 heavy (non-hydrogen) atoms. The Bertz CT molecular complexity index is 933. The number of pyridine rings is 1. The van der Waals surface area contributed by atoms with E-state index in [2.05, 4.69) is 28.2 Å². The molecule has 1 amide bonds. The summed E-state index contributed by atoms with van der Waals surface area (Å²) < 4.78 is 1.74. The monoisotopic (exact) mass is 432 g/mol. The Morgan fingerprint density at radius 3 is 2.50 bits per heavy atom. The summed E-state index contributed by atoms with van der Waals surface area (Å²) >= 11 is 3.53. The zero-order valence-corrected chi connectivity index (χ0v) is 18.9. The summed E-state index contributed by atoms with van der Waals surface area (Å²) in [6.45, 7) is 1.96. The van der Waals surface area contributed by atoms with Crippen LogP contribution < -0.4 is 16.2 Å². The van der Waals surface area contributed by atoms with Gasteiger partial charge in [-0.3, -0.25) is 14.2 Å². The summed E-state index contributed by atoms with van der Waals surface area (Å²) in [5.74, 6) is 0.271. The number of aromatic nitrogens is 3. The lowest BCUT2D eigenvalue weighted by molar-refractivity contribution is 0.0825. The number of hydrogen-bond donors (Lipinski definition) is 3. The highest BCUT2D eigenvalue weighted by Crippen LogP contribution is 2.31. The van der Waals surface area contributed by atoms with Gasteiger partial charge in [0, 0.05) is 37.8 Å². The molecule has 2 aromatic rings. The fraction of sp³-hybridized carbons (Fsp3) is 0.619. The van der Waals surface area contributed by atoms with Crippen LogP contribution in [0.2, 0.25) is 0 Å². The van der Waals surface area contributed by atoms with E-state index >= 15 is 0 Å². The number of nitrogens with zero attached hydrogens (tertiary/aromatic N) is 4. The van der Waals surface area contributed by atoms with Crippen molar-refractivity contribution in [3.05, 3.63) is 28.2 Å². The molecule has 1 saturated carbocycles. The van der Waals surface area contributed by atoms with Gasteiger partial charge in [0.25, 0.3) is 11.5 Å². The fourth-order valence-corrected chi connectivity index (χ4v) is 4.23. The largest absolute Gasteiger partial charge is 0.351 e. The Balaban J connectivity index is 0.00000124. The molecule has 2 fully saturated rings. The highest BCUT2D eigenvalue weighted by Gasteiger charge is 2.25. The Morgan fingerprint density at radius 1 is 1.20 bits per heavy atom. The van der Waals surface area contributed by atoms with Crippen LogP contribution in [0.15, 0.2) is 17.1 Å². The van der Waals surface area contributed by atoms with Gasteiger partial charge in [0.2, 0.25) is 5.95 Å². The molecule has 164 valence electrons. The lowest BCUT2D eigenvalue weighted by Crippen LogP contribution is -2.36. The van der Waals surface area contributed by atoms with Crippen molar-refractivity contribution in [3.8, 4) is 0 Å². The number of carbonyl (C=O) groups is 1. The summed E-state index contributed by atoms with van der Waals surface area (Å²) in [6.07, 6.45) is 9.53. The van der Waals surface area contributed by atoms with Crippen LogP contribution in [0.5, 0.6) is 0 Å². The summed E-state index contributed by atoms with van der Waals surface area (Å²) in [4.78, 5) is 36.4. The van der Waals surface area contributed by atoms with E-state index in [1.807, 2.05) is 0 Å². The molecule has 0 aromatic carbocycles. The zero-order chi connectivity index (χ0) is 21.7. The molecular weight excluding hydrogens is 400 g/mol. The number of thiol groups is 1. The molecule has 0 radical (unpaired) electrons. The number of rotatable bonds is 4. The predicted octanol–water partition coefficient (Wildman–Crippen LogP) is 2.32. The van der Waals surface area contributed by atoms with Gasteiger partial charge >= 0.3 is 0 Å². The van der Waals surface area contributed by atoms with Crippen molar-refractivity contribution in [2.24, 2.45) is 0 Å². The lowest BCUT2D eigenvalue weighted by atomic mass is 10.1. The van der Waals surface area contributed by atoms with Gasteiger partial charge < -0.3 is 15.5 Å². The van der Waals surface area contributed by atoms with Crippen LogP contribution in [0, 0.1) is 0 Å². The Hall–Kier alpha value is -2.13.